The van der Waals surface area contributed by atoms with E-state index in [1.54, 1.807) is 0 Å². The molecular formula is C7H14O5. The first-order chi connectivity index (χ1) is 5.34. The lowest BCUT2D eigenvalue weighted by Gasteiger charge is -2.32. The molecule has 5 nitrogen and oxygen atoms in total. The monoisotopic (exact) mass is 178 g/mol. The van der Waals surface area contributed by atoms with E-state index < -0.39 is 23.9 Å². The fourth-order valence-electron chi connectivity index (χ4n) is 0.801. The summed E-state index contributed by atoms with van der Waals surface area (Å²) in [7, 11) is 0. The number of carbonyl (C=O) groups excluding carboxylic acids is 1. The Morgan fingerprint density at radius 2 is 1.75 bits per heavy atom. The average molecular weight is 178 g/mol. The number of carbonyl (C=O) groups is 1. The molecule has 0 heterocycles. The smallest absolute Gasteiger partial charge is 0.151 e. The van der Waals surface area contributed by atoms with Crippen molar-refractivity contribution in [1.29, 1.82) is 0 Å². The molecule has 0 aromatic rings. The van der Waals surface area contributed by atoms with E-state index in [1.165, 1.54) is 6.92 Å². The van der Waals surface area contributed by atoms with E-state index in [0.29, 0.717) is 0 Å². The second-order valence-corrected chi connectivity index (χ2v) is 2.99. The van der Waals surface area contributed by atoms with E-state index in [0.717, 1.165) is 6.92 Å². The van der Waals surface area contributed by atoms with Gasteiger partial charge in [-0.3, -0.25) is 0 Å². The highest BCUT2D eigenvalue weighted by atomic mass is 16.4. The molecule has 0 saturated carbocycles. The van der Waals surface area contributed by atoms with E-state index in [2.05, 4.69) is 0 Å². The minimum atomic E-state index is -2.02. The van der Waals surface area contributed by atoms with E-state index in [-0.39, 0.29) is 6.29 Å². The summed E-state index contributed by atoms with van der Waals surface area (Å²) in [6.45, 7) is 2.32. The van der Waals surface area contributed by atoms with Crippen LogP contribution in [0.4, 0.5) is 0 Å². The van der Waals surface area contributed by atoms with E-state index in [4.69, 9.17) is 15.3 Å². The maximum absolute atomic E-state index is 10.1. The topological polar surface area (TPSA) is 98.0 Å². The van der Waals surface area contributed by atoms with Crippen molar-refractivity contribution in [3.05, 3.63) is 0 Å². The number of aliphatic hydroxyl groups excluding tert-OH is 3. The van der Waals surface area contributed by atoms with Crippen molar-refractivity contribution in [2.45, 2.75) is 37.8 Å². The van der Waals surface area contributed by atoms with Crippen molar-refractivity contribution in [2.24, 2.45) is 0 Å². The van der Waals surface area contributed by atoms with Gasteiger partial charge >= 0.3 is 0 Å². The van der Waals surface area contributed by atoms with Crippen molar-refractivity contribution in [1.82, 2.24) is 0 Å². The molecule has 4 atom stereocenters. The molecule has 4 N–H and O–H groups in total. The van der Waals surface area contributed by atoms with Gasteiger partial charge in [0, 0.05) is 0 Å². The SMILES string of the molecule is C[C@@H](O)[C@H](O)[C@](C)(O)[C@@H](O)C=O. The molecule has 0 aliphatic rings. The van der Waals surface area contributed by atoms with Gasteiger partial charge in [0.05, 0.1) is 6.10 Å². The van der Waals surface area contributed by atoms with Gasteiger partial charge in [-0.05, 0) is 13.8 Å². The predicted octanol–water partition coefficient (Wildman–Crippen LogP) is -1.96. The first kappa shape index (κ1) is 11.5. The van der Waals surface area contributed by atoms with Gasteiger partial charge in [-0.15, -0.1) is 0 Å². The quantitative estimate of drug-likeness (QED) is 0.375. The Morgan fingerprint density at radius 1 is 1.33 bits per heavy atom. The van der Waals surface area contributed by atoms with Gasteiger partial charge in [-0.1, -0.05) is 0 Å². The molecule has 0 radical (unpaired) electrons. The Hall–Kier alpha value is -0.490. The summed E-state index contributed by atoms with van der Waals surface area (Å²) < 4.78 is 0. The number of rotatable bonds is 4. The Labute approximate surface area is 70.3 Å². The lowest BCUT2D eigenvalue weighted by atomic mass is 9.90. The summed E-state index contributed by atoms with van der Waals surface area (Å²) in [6, 6.07) is 0. The molecule has 0 aliphatic carbocycles. The summed E-state index contributed by atoms with van der Waals surface area (Å²) >= 11 is 0. The molecule has 0 saturated heterocycles. The summed E-state index contributed by atoms with van der Waals surface area (Å²) in [5, 5.41) is 36.2. The van der Waals surface area contributed by atoms with Crippen molar-refractivity contribution < 1.29 is 25.2 Å². The van der Waals surface area contributed by atoms with Gasteiger partial charge < -0.3 is 25.2 Å². The van der Waals surface area contributed by atoms with E-state index in [9.17, 15) is 9.90 Å². The van der Waals surface area contributed by atoms with Crippen molar-refractivity contribution in [2.75, 3.05) is 0 Å². The van der Waals surface area contributed by atoms with Crippen LogP contribution in [0.25, 0.3) is 0 Å². The maximum Gasteiger partial charge on any atom is 0.151 e. The second-order valence-electron chi connectivity index (χ2n) is 2.99. The third kappa shape index (κ3) is 2.25. The Morgan fingerprint density at radius 3 is 2.00 bits per heavy atom. The second kappa shape index (κ2) is 3.95. The summed E-state index contributed by atoms with van der Waals surface area (Å²) in [6.07, 6.45) is -4.37. The summed E-state index contributed by atoms with van der Waals surface area (Å²) in [5.41, 5.74) is -2.02. The highest BCUT2D eigenvalue weighted by Gasteiger charge is 2.40. The van der Waals surface area contributed by atoms with Crippen LogP contribution in [0.1, 0.15) is 13.8 Å². The fourth-order valence-corrected chi connectivity index (χ4v) is 0.801. The minimum absolute atomic E-state index is 0.103. The molecule has 5 heteroatoms. The lowest BCUT2D eigenvalue weighted by Crippen LogP contribution is -2.54. The third-order valence-electron chi connectivity index (χ3n) is 1.78. The number of hydrogen-bond donors (Lipinski definition) is 4. The van der Waals surface area contributed by atoms with Crippen LogP contribution in [0.15, 0.2) is 0 Å². The molecule has 0 spiro atoms. The minimum Gasteiger partial charge on any atom is -0.391 e. The van der Waals surface area contributed by atoms with Crippen molar-refractivity contribution >= 4 is 6.29 Å². The van der Waals surface area contributed by atoms with Crippen LogP contribution in [0, 0.1) is 0 Å². The van der Waals surface area contributed by atoms with Crippen LogP contribution in [0.2, 0.25) is 0 Å². The Balaban J connectivity index is 4.47. The zero-order chi connectivity index (χ0) is 9.94. The zero-order valence-electron chi connectivity index (χ0n) is 7.01. The van der Waals surface area contributed by atoms with Crippen LogP contribution >= 0.6 is 0 Å². The van der Waals surface area contributed by atoms with Crippen LogP contribution in [0.3, 0.4) is 0 Å². The van der Waals surface area contributed by atoms with Gasteiger partial charge in [0.25, 0.3) is 0 Å². The van der Waals surface area contributed by atoms with Gasteiger partial charge in [-0.25, -0.2) is 0 Å². The lowest BCUT2D eigenvalue weighted by molar-refractivity contribution is -0.166. The molecule has 0 fully saturated rings. The normalized spacial score (nSPS) is 23.8. The Kier molecular flexibility index (Phi) is 3.79. The molecular weight excluding hydrogens is 164 g/mol. The third-order valence-corrected chi connectivity index (χ3v) is 1.78. The first-order valence-electron chi connectivity index (χ1n) is 3.56. The largest absolute Gasteiger partial charge is 0.391 e. The Bertz CT molecular complexity index is 154. The van der Waals surface area contributed by atoms with Crippen molar-refractivity contribution in [3.63, 3.8) is 0 Å². The molecule has 0 aromatic carbocycles. The maximum atomic E-state index is 10.1. The van der Waals surface area contributed by atoms with Gasteiger partial charge in [0.2, 0.25) is 0 Å². The fraction of sp³-hybridized carbons (Fsp3) is 0.857. The molecule has 0 aliphatic heterocycles. The van der Waals surface area contributed by atoms with Crippen LogP contribution < -0.4 is 0 Å². The number of aliphatic hydroxyl groups is 4. The van der Waals surface area contributed by atoms with Crippen molar-refractivity contribution in [3.8, 4) is 0 Å². The molecule has 0 rings (SSSR count). The molecule has 0 amide bonds. The van der Waals surface area contributed by atoms with Gasteiger partial charge in [0.1, 0.15) is 17.8 Å². The summed E-state index contributed by atoms with van der Waals surface area (Å²) in [5.74, 6) is 0. The first-order valence-corrected chi connectivity index (χ1v) is 3.56. The molecule has 0 unspecified atom stereocenters. The van der Waals surface area contributed by atoms with Crippen LogP contribution in [-0.4, -0.2) is 50.6 Å². The van der Waals surface area contributed by atoms with E-state index >= 15 is 0 Å². The van der Waals surface area contributed by atoms with Gasteiger partial charge in [-0.2, -0.15) is 0 Å². The highest BCUT2D eigenvalue weighted by Crippen LogP contribution is 2.16. The van der Waals surface area contributed by atoms with Crippen LogP contribution in [0.5, 0.6) is 0 Å². The average Bonchev–Trinajstić information content (AvgIpc) is 2.01. The molecule has 0 aromatic heterocycles. The van der Waals surface area contributed by atoms with Crippen LogP contribution in [-0.2, 0) is 4.79 Å². The highest BCUT2D eigenvalue weighted by molar-refractivity contribution is 5.58. The predicted molar refractivity (Wildman–Crippen MR) is 40.4 cm³/mol. The zero-order valence-corrected chi connectivity index (χ0v) is 7.01. The van der Waals surface area contributed by atoms with Gasteiger partial charge in [0.15, 0.2) is 6.29 Å². The molecule has 0 bridgehead atoms. The molecule has 12 heavy (non-hydrogen) atoms. The standard InChI is InChI=1S/C7H14O5/c1-4(9)6(11)7(2,12)5(10)3-8/h3-6,9-12H,1-2H3/t4-,5+,6+,7-/m1/s1. The van der Waals surface area contributed by atoms with E-state index in [1.807, 2.05) is 0 Å². The molecule has 72 valence electrons. The number of hydrogen-bond acceptors (Lipinski definition) is 5. The summed E-state index contributed by atoms with van der Waals surface area (Å²) in [4.78, 5) is 10.1. The number of aldehydes is 1.